The molecule has 3 heterocycles. The van der Waals surface area contributed by atoms with Crippen molar-refractivity contribution in [1.29, 1.82) is 0 Å². The Morgan fingerprint density at radius 2 is 2.26 bits per heavy atom. The molecular weight excluding hydrogens is 244 g/mol. The van der Waals surface area contributed by atoms with Crippen LogP contribution in [-0.2, 0) is 4.74 Å². The normalized spacial score (nSPS) is 39.4. The van der Waals surface area contributed by atoms with E-state index in [1.54, 1.807) is 0 Å². The summed E-state index contributed by atoms with van der Waals surface area (Å²) in [4.78, 5) is 14.1. The first kappa shape index (κ1) is 13.2. The lowest BCUT2D eigenvalue weighted by atomic mass is 9.93. The molecule has 5 unspecified atom stereocenters. The summed E-state index contributed by atoms with van der Waals surface area (Å²) in [5.74, 6) is 0.218. The van der Waals surface area contributed by atoms with Crippen LogP contribution in [0.5, 0.6) is 0 Å². The molecule has 108 valence electrons. The van der Waals surface area contributed by atoms with E-state index in [1.807, 2.05) is 11.8 Å². The molecule has 0 spiro atoms. The van der Waals surface area contributed by atoms with Gasteiger partial charge in [0.2, 0.25) is 0 Å². The highest BCUT2D eigenvalue weighted by Crippen LogP contribution is 2.34. The Balaban J connectivity index is 1.52. The smallest absolute Gasteiger partial charge is 0.317 e. The molecule has 2 N–H and O–H groups in total. The number of hydrogen-bond donors (Lipinski definition) is 2. The summed E-state index contributed by atoms with van der Waals surface area (Å²) in [5.41, 5.74) is 0. The quantitative estimate of drug-likeness (QED) is 0.788. The molecule has 2 amide bonds. The number of amides is 2. The summed E-state index contributed by atoms with van der Waals surface area (Å²) in [5, 5.41) is 12.8. The fourth-order valence-corrected chi connectivity index (χ4v) is 3.63. The number of aliphatic hydroxyl groups is 1. The minimum atomic E-state index is -0.332. The Labute approximate surface area is 114 Å². The van der Waals surface area contributed by atoms with Gasteiger partial charge >= 0.3 is 6.03 Å². The molecule has 0 aromatic carbocycles. The molecule has 3 saturated heterocycles. The lowest BCUT2D eigenvalue weighted by Gasteiger charge is -2.35. The number of hydrogen-bond acceptors (Lipinski definition) is 3. The van der Waals surface area contributed by atoms with Crippen molar-refractivity contribution in [2.24, 2.45) is 5.92 Å². The van der Waals surface area contributed by atoms with Gasteiger partial charge in [-0.3, -0.25) is 0 Å². The molecule has 3 fully saturated rings. The molecule has 19 heavy (non-hydrogen) atoms. The van der Waals surface area contributed by atoms with E-state index < -0.39 is 0 Å². The molecule has 0 aromatic rings. The van der Waals surface area contributed by atoms with Crippen LogP contribution in [0.15, 0.2) is 0 Å². The number of fused-ring (bicyclic) bond motifs is 2. The third kappa shape index (κ3) is 2.72. The Morgan fingerprint density at radius 1 is 1.42 bits per heavy atom. The lowest BCUT2D eigenvalue weighted by Crippen LogP contribution is -2.52. The second kappa shape index (κ2) is 5.29. The number of aliphatic hydroxyl groups excluding tert-OH is 1. The maximum Gasteiger partial charge on any atom is 0.317 e. The van der Waals surface area contributed by atoms with Gasteiger partial charge in [0, 0.05) is 19.0 Å². The lowest BCUT2D eigenvalue weighted by molar-refractivity contribution is 0.0710. The van der Waals surface area contributed by atoms with Gasteiger partial charge in [-0.05, 0) is 39.0 Å². The van der Waals surface area contributed by atoms with E-state index in [4.69, 9.17) is 4.74 Å². The molecule has 0 saturated carbocycles. The van der Waals surface area contributed by atoms with Crippen LogP contribution in [0.3, 0.4) is 0 Å². The second-order valence-corrected chi connectivity index (χ2v) is 6.25. The van der Waals surface area contributed by atoms with Crippen molar-refractivity contribution in [1.82, 2.24) is 10.2 Å². The van der Waals surface area contributed by atoms with E-state index >= 15 is 0 Å². The molecule has 3 aliphatic rings. The maximum atomic E-state index is 12.3. The zero-order valence-corrected chi connectivity index (χ0v) is 11.5. The first-order valence-corrected chi connectivity index (χ1v) is 7.52. The van der Waals surface area contributed by atoms with Crippen molar-refractivity contribution >= 4 is 6.03 Å². The molecule has 0 aromatic heterocycles. The Morgan fingerprint density at radius 3 is 2.89 bits per heavy atom. The third-order valence-corrected chi connectivity index (χ3v) is 4.84. The number of nitrogens with one attached hydrogen (secondary N) is 1. The van der Waals surface area contributed by atoms with Gasteiger partial charge in [0.25, 0.3) is 0 Å². The standard InChI is InChI=1S/C14H24N2O3/c1-9(17)10-3-2-6-16(8-10)14(18)15-12-7-11-4-5-13(12)19-11/h9-13,17H,2-8H2,1H3,(H,15,18). The van der Waals surface area contributed by atoms with E-state index in [0.717, 1.165) is 38.6 Å². The molecule has 0 radical (unpaired) electrons. The fraction of sp³-hybridized carbons (Fsp3) is 0.929. The van der Waals surface area contributed by atoms with Gasteiger partial charge in [0.1, 0.15) is 0 Å². The first-order valence-electron chi connectivity index (χ1n) is 7.52. The van der Waals surface area contributed by atoms with E-state index in [1.165, 1.54) is 0 Å². The summed E-state index contributed by atoms with van der Waals surface area (Å²) in [6, 6.07) is 0.213. The van der Waals surface area contributed by atoms with Crippen LogP contribution in [0.2, 0.25) is 0 Å². The molecule has 2 bridgehead atoms. The second-order valence-electron chi connectivity index (χ2n) is 6.25. The van der Waals surface area contributed by atoms with Crippen molar-refractivity contribution in [2.75, 3.05) is 13.1 Å². The largest absolute Gasteiger partial charge is 0.393 e. The number of piperidine rings is 1. The van der Waals surface area contributed by atoms with Gasteiger partial charge in [-0.15, -0.1) is 0 Å². The van der Waals surface area contributed by atoms with Crippen molar-refractivity contribution in [2.45, 2.75) is 63.4 Å². The Kier molecular flexibility index (Phi) is 3.67. The number of likely N-dealkylation sites (tertiary alicyclic amines) is 1. The predicted octanol–water partition coefficient (Wildman–Crippen LogP) is 1.11. The summed E-state index contributed by atoms with van der Waals surface area (Å²) in [6.07, 6.45) is 5.44. The predicted molar refractivity (Wildman–Crippen MR) is 70.8 cm³/mol. The van der Waals surface area contributed by atoms with Gasteiger partial charge in [-0.2, -0.15) is 0 Å². The highest BCUT2D eigenvalue weighted by Gasteiger charge is 2.42. The van der Waals surface area contributed by atoms with Gasteiger partial charge in [-0.25, -0.2) is 4.79 Å². The van der Waals surface area contributed by atoms with E-state index in [0.29, 0.717) is 12.6 Å². The summed E-state index contributed by atoms with van der Waals surface area (Å²) < 4.78 is 5.76. The van der Waals surface area contributed by atoms with Crippen LogP contribution in [0.25, 0.3) is 0 Å². The van der Waals surface area contributed by atoms with Crippen molar-refractivity contribution in [3.05, 3.63) is 0 Å². The maximum absolute atomic E-state index is 12.3. The van der Waals surface area contributed by atoms with Crippen LogP contribution < -0.4 is 5.32 Å². The van der Waals surface area contributed by atoms with E-state index in [9.17, 15) is 9.90 Å². The van der Waals surface area contributed by atoms with Crippen molar-refractivity contribution < 1.29 is 14.6 Å². The number of nitrogens with zero attached hydrogens (tertiary/aromatic N) is 1. The van der Waals surface area contributed by atoms with Crippen LogP contribution >= 0.6 is 0 Å². The van der Waals surface area contributed by atoms with Crippen LogP contribution in [0.1, 0.15) is 39.0 Å². The van der Waals surface area contributed by atoms with E-state index in [2.05, 4.69) is 5.32 Å². The Bertz CT molecular complexity index is 348. The van der Waals surface area contributed by atoms with E-state index in [-0.39, 0.29) is 30.2 Å². The van der Waals surface area contributed by atoms with Crippen LogP contribution in [-0.4, -0.2) is 53.5 Å². The zero-order chi connectivity index (χ0) is 13.4. The van der Waals surface area contributed by atoms with Gasteiger partial charge < -0.3 is 20.1 Å². The number of carbonyl (C=O) groups is 1. The summed E-state index contributed by atoms with van der Waals surface area (Å²) >= 11 is 0. The average molecular weight is 268 g/mol. The topological polar surface area (TPSA) is 61.8 Å². The zero-order valence-electron chi connectivity index (χ0n) is 11.5. The SMILES string of the molecule is CC(O)C1CCCN(C(=O)NC2CC3CCC2O3)C1. The average Bonchev–Trinajstić information content (AvgIpc) is 3.01. The summed E-state index contributed by atoms with van der Waals surface area (Å²) in [6.45, 7) is 3.29. The highest BCUT2D eigenvalue weighted by atomic mass is 16.5. The molecule has 3 aliphatic heterocycles. The van der Waals surface area contributed by atoms with Crippen LogP contribution in [0.4, 0.5) is 4.79 Å². The van der Waals surface area contributed by atoms with Crippen LogP contribution in [0, 0.1) is 5.92 Å². The molecular formula is C14H24N2O3. The number of carbonyl (C=O) groups excluding carboxylic acids is 1. The monoisotopic (exact) mass is 268 g/mol. The molecule has 0 aliphatic carbocycles. The number of rotatable bonds is 2. The molecule has 3 rings (SSSR count). The highest BCUT2D eigenvalue weighted by molar-refractivity contribution is 5.74. The minimum absolute atomic E-state index is 0.0199. The number of ether oxygens (including phenoxy) is 1. The Hall–Kier alpha value is -0.810. The molecule has 5 nitrogen and oxygen atoms in total. The van der Waals surface area contributed by atoms with Crippen molar-refractivity contribution in [3.8, 4) is 0 Å². The van der Waals surface area contributed by atoms with Gasteiger partial charge in [0.05, 0.1) is 24.4 Å². The molecule has 5 heteroatoms. The van der Waals surface area contributed by atoms with Gasteiger partial charge in [-0.1, -0.05) is 0 Å². The van der Waals surface area contributed by atoms with Gasteiger partial charge in [0.15, 0.2) is 0 Å². The first-order chi connectivity index (χ1) is 9.13. The third-order valence-electron chi connectivity index (χ3n) is 4.84. The van der Waals surface area contributed by atoms with Crippen molar-refractivity contribution in [3.63, 3.8) is 0 Å². The fourth-order valence-electron chi connectivity index (χ4n) is 3.63. The molecule has 5 atom stereocenters. The minimum Gasteiger partial charge on any atom is -0.393 e. The summed E-state index contributed by atoms with van der Waals surface area (Å²) in [7, 11) is 0. The number of urea groups is 1.